The Bertz CT molecular complexity index is 429. The van der Waals surface area contributed by atoms with Crippen molar-refractivity contribution in [3.8, 4) is 11.8 Å². The van der Waals surface area contributed by atoms with Crippen LogP contribution in [0.2, 0.25) is 0 Å². The van der Waals surface area contributed by atoms with Crippen LogP contribution in [0.15, 0.2) is 0 Å². The molecule has 6 heteroatoms. The predicted molar refractivity (Wildman–Crippen MR) is 47.0 cm³/mol. The molecule has 0 aliphatic heterocycles. The molecule has 80 valence electrons. The zero-order chi connectivity index (χ0) is 11.6. The maximum atomic E-state index is 12.9. The third-order valence-electron chi connectivity index (χ3n) is 1.50. The zero-order valence-corrected chi connectivity index (χ0v) is 7.94. The number of rotatable bonds is 0. The lowest BCUT2D eigenvalue weighted by molar-refractivity contribution is 0.376. The van der Waals surface area contributed by atoms with Crippen LogP contribution in [-0.2, 0) is 0 Å². The Labute approximate surface area is 87.5 Å². The van der Waals surface area contributed by atoms with Gasteiger partial charge in [-0.15, -0.1) is 0 Å². The number of halogens is 5. The van der Waals surface area contributed by atoms with Gasteiger partial charge < -0.3 is 0 Å². The Morgan fingerprint density at radius 1 is 0.800 bits per heavy atom. The van der Waals surface area contributed by atoms with Crippen LogP contribution in [0.1, 0.15) is 5.56 Å². The van der Waals surface area contributed by atoms with Gasteiger partial charge in [0.2, 0.25) is 5.82 Å². The van der Waals surface area contributed by atoms with Gasteiger partial charge in [-0.1, -0.05) is 11.8 Å². The van der Waals surface area contributed by atoms with Crippen LogP contribution in [0.4, 0.5) is 22.0 Å². The van der Waals surface area contributed by atoms with E-state index in [4.69, 9.17) is 0 Å². The van der Waals surface area contributed by atoms with Crippen LogP contribution in [0.3, 0.4) is 0 Å². The van der Waals surface area contributed by atoms with Crippen molar-refractivity contribution in [2.75, 3.05) is 5.75 Å². The van der Waals surface area contributed by atoms with Gasteiger partial charge in [0.05, 0.1) is 5.75 Å². The van der Waals surface area contributed by atoms with Gasteiger partial charge in [0, 0.05) is 0 Å². The highest BCUT2D eigenvalue weighted by molar-refractivity contribution is 7.80. The summed E-state index contributed by atoms with van der Waals surface area (Å²) < 4.78 is 63.4. The van der Waals surface area contributed by atoms with E-state index in [0.29, 0.717) is 0 Å². The predicted octanol–water partition coefficient (Wildman–Crippen LogP) is 2.66. The molecule has 1 aromatic rings. The topological polar surface area (TPSA) is 0 Å². The largest absolute Gasteiger partial charge is 0.202 e. The van der Waals surface area contributed by atoms with Gasteiger partial charge in [-0.25, -0.2) is 22.0 Å². The maximum Gasteiger partial charge on any atom is 0.200 e. The van der Waals surface area contributed by atoms with Crippen molar-refractivity contribution < 1.29 is 22.0 Å². The van der Waals surface area contributed by atoms with Gasteiger partial charge in [-0.3, -0.25) is 0 Å². The normalized spacial score (nSPS) is 9.73. The van der Waals surface area contributed by atoms with Crippen LogP contribution >= 0.6 is 12.6 Å². The molecule has 0 aliphatic rings. The third-order valence-corrected chi connectivity index (χ3v) is 1.66. The molecule has 0 atom stereocenters. The summed E-state index contributed by atoms with van der Waals surface area (Å²) in [6, 6.07) is 0. The second-order valence-corrected chi connectivity index (χ2v) is 2.72. The average molecular weight is 238 g/mol. The summed E-state index contributed by atoms with van der Waals surface area (Å²) in [6.07, 6.45) is 0. The van der Waals surface area contributed by atoms with E-state index in [1.807, 2.05) is 5.92 Å². The van der Waals surface area contributed by atoms with Crippen molar-refractivity contribution in [2.45, 2.75) is 0 Å². The molecule has 0 saturated carbocycles. The fourth-order valence-corrected chi connectivity index (χ4v) is 0.922. The third kappa shape index (κ3) is 2.07. The number of hydrogen-bond donors (Lipinski definition) is 1. The van der Waals surface area contributed by atoms with Crippen LogP contribution in [-0.4, -0.2) is 5.75 Å². The molecule has 0 bridgehead atoms. The van der Waals surface area contributed by atoms with Crippen LogP contribution < -0.4 is 0 Å². The molecule has 15 heavy (non-hydrogen) atoms. The highest BCUT2D eigenvalue weighted by Crippen LogP contribution is 2.21. The minimum Gasteiger partial charge on any atom is -0.202 e. The van der Waals surface area contributed by atoms with Gasteiger partial charge in [0.1, 0.15) is 5.56 Å². The first-order valence-corrected chi connectivity index (χ1v) is 4.25. The summed E-state index contributed by atoms with van der Waals surface area (Å²) in [5, 5.41) is 0. The van der Waals surface area contributed by atoms with E-state index in [1.54, 1.807) is 0 Å². The Balaban J connectivity index is 3.52. The number of benzene rings is 1. The molecule has 0 radical (unpaired) electrons. The van der Waals surface area contributed by atoms with E-state index in [-0.39, 0.29) is 5.75 Å². The fraction of sp³-hybridized carbons (Fsp3) is 0.111. The van der Waals surface area contributed by atoms with E-state index in [9.17, 15) is 22.0 Å². The monoisotopic (exact) mass is 238 g/mol. The number of hydrogen-bond acceptors (Lipinski definition) is 1. The van der Waals surface area contributed by atoms with Crippen molar-refractivity contribution in [3.05, 3.63) is 34.6 Å². The highest BCUT2D eigenvalue weighted by atomic mass is 32.1. The summed E-state index contributed by atoms with van der Waals surface area (Å²) in [4.78, 5) is 0. The van der Waals surface area contributed by atoms with Crippen molar-refractivity contribution in [1.82, 2.24) is 0 Å². The van der Waals surface area contributed by atoms with Crippen molar-refractivity contribution >= 4 is 12.6 Å². The lowest BCUT2D eigenvalue weighted by Crippen LogP contribution is -2.04. The van der Waals surface area contributed by atoms with Crippen LogP contribution in [0.5, 0.6) is 0 Å². The molecule has 0 N–H and O–H groups in total. The minimum atomic E-state index is -2.19. The minimum absolute atomic E-state index is 0.0561. The van der Waals surface area contributed by atoms with Crippen LogP contribution in [0.25, 0.3) is 0 Å². The lowest BCUT2D eigenvalue weighted by Gasteiger charge is -2.01. The number of thiol groups is 1. The maximum absolute atomic E-state index is 12.9. The average Bonchev–Trinajstić information content (AvgIpc) is 2.24. The SMILES string of the molecule is Fc1c(F)c(F)c(C#CCS)c(F)c1F. The van der Waals surface area contributed by atoms with Crippen molar-refractivity contribution in [3.63, 3.8) is 0 Å². The molecule has 0 unspecified atom stereocenters. The first kappa shape index (κ1) is 11.9. The van der Waals surface area contributed by atoms with Crippen LogP contribution in [0, 0.1) is 40.9 Å². The summed E-state index contributed by atoms with van der Waals surface area (Å²) in [5.41, 5.74) is -1.14. The first-order chi connectivity index (χ1) is 7.00. The Morgan fingerprint density at radius 2 is 1.20 bits per heavy atom. The Morgan fingerprint density at radius 3 is 1.60 bits per heavy atom. The molecule has 0 heterocycles. The summed E-state index contributed by atoms with van der Waals surface area (Å²) in [7, 11) is 0. The molecule has 0 saturated heterocycles. The van der Waals surface area contributed by atoms with Gasteiger partial charge in [-0.05, 0) is 0 Å². The molecule has 0 aliphatic carbocycles. The molecular weight excluding hydrogens is 235 g/mol. The molecular formula is C9H3F5S. The Kier molecular flexibility index (Phi) is 3.58. The zero-order valence-electron chi connectivity index (χ0n) is 7.04. The lowest BCUT2D eigenvalue weighted by atomic mass is 10.1. The van der Waals surface area contributed by atoms with E-state index in [0.717, 1.165) is 0 Å². The summed E-state index contributed by atoms with van der Waals surface area (Å²) in [6.45, 7) is 0. The highest BCUT2D eigenvalue weighted by Gasteiger charge is 2.24. The van der Waals surface area contributed by atoms with Crippen molar-refractivity contribution in [2.24, 2.45) is 0 Å². The molecule has 0 amide bonds. The molecule has 0 fully saturated rings. The van der Waals surface area contributed by atoms with E-state index in [2.05, 4.69) is 18.5 Å². The van der Waals surface area contributed by atoms with Gasteiger partial charge in [0.25, 0.3) is 0 Å². The molecule has 0 nitrogen and oxygen atoms in total. The molecule has 0 aromatic heterocycles. The second kappa shape index (κ2) is 4.53. The molecule has 1 aromatic carbocycles. The van der Waals surface area contributed by atoms with E-state index >= 15 is 0 Å². The van der Waals surface area contributed by atoms with E-state index in [1.165, 1.54) is 0 Å². The summed E-state index contributed by atoms with van der Waals surface area (Å²) >= 11 is 3.61. The smallest absolute Gasteiger partial charge is 0.200 e. The van der Waals surface area contributed by atoms with Gasteiger partial charge in [-0.2, -0.15) is 12.6 Å². The van der Waals surface area contributed by atoms with E-state index < -0.39 is 34.6 Å². The van der Waals surface area contributed by atoms with Gasteiger partial charge in [0.15, 0.2) is 23.3 Å². The summed E-state index contributed by atoms with van der Waals surface area (Å²) in [5.74, 6) is -6.20. The second-order valence-electron chi connectivity index (χ2n) is 2.40. The fourth-order valence-electron chi connectivity index (χ4n) is 0.843. The quantitative estimate of drug-likeness (QED) is 0.232. The Hall–Kier alpha value is -1.22. The molecule has 0 spiro atoms. The first-order valence-electron chi connectivity index (χ1n) is 3.61. The molecule has 1 rings (SSSR count). The standard InChI is InChI=1S/C9H3F5S/c10-5-4(2-1-3-15)6(11)8(13)9(14)7(5)12/h15H,3H2. The van der Waals surface area contributed by atoms with Gasteiger partial charge >= 0.3 is 0 Å². The van der Waals surface area contributed by atoms with Crippen molar-refractivity contribution in [1.29, 1.82) is 0 Å².